The lowest BCUT2D eigenvalue weighted by Crippen LogP contribution is -2.48. The summed E-state index contributed by atoms with van der Waals surface area (Å²) in [6, 6.07) is 8.08. The summed E-state index contributed by atoms with van der Waals surface area (Å²) < 4.78 is 0. The van der Waals surface area contributed by atoms with Gasteiger partial charge in [0.05, 0.1) is 0 Å². The number of hydrogen-bond donors (Lipinski definition) is 1. The average Bonchev–Trinajstić information content (AvgIpc) is 2.46. The molecule has 0 bridgehead atoms. The van der Waals surface area contributed by atoms with Crippen molar-refractivity contribution in [1.29, 1.82) is 0 Å². The van der Waals surface area contributed by atoms with Crippen molar-refractivity contribution in [3.63, 3.8) is 0 Å². The zero-order valence-corrected chi connectivity index (χ0v) is 12.2. The van der Waals surface area contributed by atoms with Crippen LogP contribution in [0.25, 0.3) is 0 Å². The molecule has 1 aromatic rings. The molecule has 0 spiro atoms. The molecule has 2 rings (SSSR count). The van der Waals surface area contributed by atoms with E-state index in [0.29, 0.717) is 13.1 Å². The van der Waals surface area contributed by atoms with Gasteiger partial charge in [-0.1, -0.05) is 29.8 Å². The number of amides is 2. The number of piperidine rings is 1. The average molecular weight is 274 g/mol. The number of carbonyl (C=O) groups excluding carboxylic acids is 2. The molecule has 108 valence electrons. The molecule has 2 amide bonds. The van der Waals surface area contributed by atoms with Gasteiger partial charge in [-0.15, -0.1) is 0 Å². The van der Waals surface area contributed by atoms with Crippen molar-refractivity contribution in [3.05, 3.63) is 35.4 Å². The second-order valence-electron chi connectivity index (χ2n) is 5.51. The van der Waals surface area contributed by atoms with Gasteiger partial charge in [0.15, 0.2) is 0 Å². The van der Waals surface area contributed by atoms with Gasteiger partial charge in [-0.2, -0.15) is 0 Å². The van der Waals surface area contributed by atoms with Gasteiger partial charge >= 0.3 is 11.8 Å². The van der Waals surface area contributed by atoms with Crippen LogP contribution in [0.2, 0.25) is 0 Å². The van der Waals surface area contributed by atoms with E-state index in [1.165, 1.54) is 5.56 Å². The van der Waals surface area contributed by atoms with E-state index in [0.717, 1.165) is 24.8 Å². The van der Waals surface area contributed by atoms with E-state index in [4.69, 9.17) is 0 Å². The van der Waals surface area contributed by atoms with Gasteiger partial charge in [-0.25, -0.2) is 0 Å². The summed E-state index contributed by atoms with van der Waals surface area (Å²) in [6.07, 6.45) is 3.11. The van der Waals surface area contributed by atoms with Crippen LogP contribution in [0.4, 0.5) is 0 Å². The van der Waals surface area contributed by atoms with Crippen molar-refractivity contribution in [3.8, 4) is 0 Å². The molecule has 1 unspecified atom stereocenters. The molecule has 20 heavy (non-hydrogen) atoms. The minimum absolute atomic E-state index is 0.168. The first-order valence-corrected chi connectivity index (χ1v) is 7.22. The van der Waals surface area contributed by atoms with Gasteiger partial charge in [0.1, 0.15) is 0 Å². The summed E-state index contributed by atoms with van der Waals surface area (Å²) in [5.41, 5.74) is 2.18. The Bertz CT molecular complexity index is 482. The molecule has 1 fully saturated rings. The quantitative estimate of drug-likeness (QED) is 0.839. The normalized spacial score (nSPS) is 18.7. The fourth-order valence-corrected chi connectivity index (χ4v) is 2.49. The first-order valence-electron chi connectivity index (χ1n) is 7.22. The SMILES string of the molecule is Cc1ccc(CNC(=O)C(=O)N2CCCCC2C)cc1. The van der Waals surface area contributed by atoms with E-state index < -0.39 is 11.8 Å². The molecule has 0 aromatic heterocycles. The first kappa shape index (κ1) is 14.6. The monoisotopic (exact) mass is 274 g/mol. The first-order chi connectivity index (χ1) is 9.58. The predicted octanol–water partition coefficient (Wildman–Crippen LogP) is 2.01. The smallest absolute Gasteiger partial charge is 0.312 e. The third-order valence-electron chi connectivity index (χ3n) is 3.83. The Balaban J connectivity index is 1.87. The lowest BCUT2D eigenvalue weighted by molar-refractivity contribution is -0.148. The molecule has 1 saturated heterocycles. The number of benzene rings is 1. The zero-order chi connectivity index (χ0) is 14.5. The van der Waals surface area contributed by atoms with Crippen LogP contribution < -0.4 is 5.32 Å². The molecule has 4 nitrogen and oxygen atoms in total. The molecular formula is C16H22N2O2. The largest absolute Gasteiger partial charge is 0.344 e. The molecule has 1 aliphatic rings. The minimum Gasteiger partial charge on any atom is -0.344 e. The van der Waals surface area contributed by atoms with Crippen LogP contribution in [-0.2, 0) is 16.1 Å². The Kier molecular flexibility index (Phi) is 4.77. The lowest BCUT2D eigenvalue weighted by atomic mass is 10.0. The summed E-state index contributed by atoms with van der Waals surface area (Å²) in [7, 11) is 0. The zero-order valence-electron chi connectivity index (χ0n) is 12.2. The number of nitrogens with zero attached hydrogens (tertiary/aromatic N) is 1. The maximum absolute atomic E-state index is 12.1. The van der Waals surface area contributed by atoms with Crippen LogP contribution in [0.1, 0.15) is 37.3 Å². The van der Waals surface area contributed by atoms with Gasteiger partial charge in [0.25, 0.3) is 0 Å². The van der Waals surface area contributed by atoms with Gasteiger partial charge in [0, 0.05) is 19.1 Å². The summed E-state index contributed by atoms with van der Waals surface area (Å²) in [6.45, 7) is 5.11. The standard InChI is InChI=1S/C16H22N2O2/c1-12-6-8-14(9-7-12)11-17-15(19)16(20)18-10-4-3-5-13(18)2/h6-9,13H,3-5,10-11H2,1-2H3,(H,17,19). The van der Waals surface area contributed by atoms with E-state index in [1.807, 2.05) is 38.1 Å². The molecule has 0 aliphatic carbocycles. The highest BCUT2D eigenvalue weighted by Crippen LogP contribution is 2.16. The molecule has 1 aromatic carbocycles. The second-order valence-corrected chi connectivity index (χ2v) is 5.51. The molecule has 1 N–H and O–H groups in total. The fraction of sp³-hybridized carbons (Fsp3) is 0.500. The molecular weight excluding hydrogens is 252 g/mol. The minimum atomic E-state index is -0.501. The maximum Gasteiger partial charge on any atom is 0.312 e. The van der Waals surface area contributed by atoms with Crippen LogP contribution in [0.5, 0.6) is 0 Å². The molecule has 1 aliphatic heterocycles. The molecule has 4 heteroatoms. The van der Waals surface area contributed by atoms with Crippen molar-refractivity contribution in [1.82, 2.24) is 10.2 Å². The summed E-state index contributed by atoms with van der Waals surface area (Å²) in [4.78, 5) is 25.7. The predicted molar refractivity (Wildman–Crippen MR) is 78.1 cm³/mol. The number of carbonyl (C=O) groups is 2. The maximum atomic E-state index is 12.1. The summed E-state index contributed by atoms with van der Waals surface area (Å²) >= 11 is 0. The Morgan fingerprint density at radius 1 is 1.25 bits per heavy atom. The van der Waals surface area contributed by atoms with Crippen LogP contribution in [0.15, 0.2) is 24.3 Å². The Labute approximate surface area is 120 Å². The van der Waals surface area contributed by atoms with Gasteiger partial charge in [0.2, 0.25) is 0 Å². The van der Waals surface area contributed by atoms with Crippen LogP contribution in [0.3, 0.4) is 0 Å². The highest BCUT2D eigenvalue weighted by molar-refractivity contribution is 6.35. The van der Waals surface area contributed by atoms with Crippen molar-refractivity contribution in [2.75, 3.05) is 6.54 Å². The van der Waals surface area contributed by atoms with Crippen molar-refractivity contribution in [2.24, 2.45) is 0 Å². The highest BCUT2D eigenvalue weighted by atomic mass is 16.2. The van der Waals surface area contributed by atoms with E-state index in [-0.39, 0.29) is 6.04 Å². The number of aryl methyl sites for hydroxylation is 1. The summed E-state index contributed by atoms with van der Waals surface area (Å²) in [5, 5.41) is 2.71. The Morgan fingerprint density at radius 3 is 2.60 bits per heavy atom. The van der Waals surface area contributed by atoms with E-state index >= 15 is 0 Å². The van der Waals surface area contributed by atoms with Crippen molar-refractivity contribution in [2.45, 2.75) is 45.7 Å². The van der Waals surface area contributed by atoms with Crippen LogP contribution in [-0.4, -0.2) is 29.3 Å². The summed E-state index contributed by atoms with van der Waals surface area (Å²) in [5.74, 6) is -0.899. The molecule has 0 radical (unpaired) electrons. The Hall–Kier alpha value is -1.84. The fourth-order valence-electron chi connectivity index (χ4n) is 2.49. The number of nitrogens with one attached hydrogen (secondary N) is 1. The third kappa shape index (κ3) is 3.59. The van der Waals surface area contributed by atoms with Crippen molar-refractivity contribution >= 4 is 11.8 Å². The third-order valence-corrected chi connectivity index (χ3v) is 3.83. The van der Waals surface area contributed by atoms with E-state index in [1.54, 1.807) is 4.90 Å². The van der Waals surface area contributed by atoms with Gasteiger partial charge < -0.3 is 10.2 Å². The van der Waals surface area contributed by atoms with Gasteiger partial charge in [-0.3, -0.25) is 9.59 Å². The molecule has 0 saturated carbocycles. The number of hydrogen-bond acceptors (Lipinski definition) is 2. The molecule has 1 heterocycles. The second kappa shape index (κ2) is 6.55. The van der Waals surface area contributed by atoms with Gasteiger partial charge in [-0.05, 0) is 38.7 Å². The highest BCUT2D eigenvalue weighted by Gasteiger charge is 2.27. The topological polar surface area (TPSA) is 49.4 Å². The number of likely N-dealkylation sites (tertiary alicyclic amines) is 1. The van der Waals surface area contributed by atoms with E-state index in [9.17, 15) is 9.59 Å². The Morgan fingerprint density at radius 2 is 1.95 bits per heavy atom. The van der Waals surface area contributed by atoms with Crippen LogP contribution in [0, 0.1) is 6.92 Å². The molecule has 1 atom stereocenters. The lowest BCUT2D eigenvalue weighted by Gasteiger charge is -2.32. The number of rotatable bonds is 2. The van der Waals surface area contributed by atoms with Crippen LogP contribution >= 0.6 is 0 Å². The van der Waals surface area contributed by atoms with Crippen molar-refractivity contribution < 1.29 is 9.59 Å². The van der Waals surface area contributed by atoms with E-state index in [2.05, 4.69) is 5.32 Å².